The Morgan fingerprint density at radius 2 is 1.91 bits per heavy atom. The van der Waals surface area contributed by atoms with Crippen LogP contribution in [0.2, 0.25) is 0 Å². The quantitative estimate of drug-likeness (QED) is 0.613. The van der Waals surface area contributed by atoms with E-state index >= 15 is 0 Å². The highest BCUT2D eigenvalue weighted by molar-refractivity contribution is 6.23. The van der Waals surface area contributed by atoms with Crippen LogP contribution in [0, 0.1) is 5.92 Å². The molecule has 1 aromatic rings. The number of hydrogen-bond donors (Lipinski definition) is 0. The molecule has 1 aliphatic rings. The van der Waals surface area contributed by atoms with Gasteiger partial charge in [0.1, 0.15) is 11.8 Å². The predicted molar refractivity (Wildman–Crippen MR) is 78.8 cm³/mol. The summed E-state index contributed by atoms with van der Waals surface area (Å²) in [5.74, 6) is -1.53. The number of rotatable bonds is 5. The average molecular weight is 305 g/mol. The topological polar surface area (TPSA) is 72.9 Å². The van der Waals surface area contributed by atoms with Gasteiger partial charge in [0.2, 0.25) is 0 Å². The van der Waals surface area contributed by atoms with Crippen molar-refractivity contribution in [3.8, 4) is 5.75 Å². The third kappa shape index (κ3) is 2.45. The number of hydrogen-bond acceptors (Lipinski definition) is 5. The first-order valence-electron chi connectivity index (χ1n) is 7.15. The average Bonchev–Trinajstić information content (AvgIpc) is 2.73. The van der Waals surface area contributed by atoms with Crippen LogP contribution in [0.15, 0.2) is 18.2 Å². The number of carbonyl (C=O) groups excluding carboxylic acids is 3. The van der Waals surface area contributed by atoms with Crippen LogP contribution in [0.25, 0.3) is 0 Å². The van der Waals surface area contributed by atoms with Crippen LogP contribution in [-0.2, 0) is 9.53 Å². The van der Waals surface area contributed by atoms with Crippen molar-refractivity contribution < 1.29 is 23.9 Å². The van der Waals surface area contributed by atoms with Crippen LogP contribution in [0.3, 0.4) is 0 Å². The van der Waals surface area contributed by atoms with Gasteiger partial charge in [-0.3, -0.25) is 14.5 Å². The number of nitrogens with zero attached hydrogens (tertiary/aromatic N) is 1. The summed E-state index contributed by atoms with van der Waals surface area (Å²) in [5, 5.41) is 0. The Kier molecular flexibility index (Phi) is 4.49. The molecule has 1 unspecified atom stereocenters. The van der Waals surface area contributed by atoms with Gasteiger partial charge in [-0.25, -0.2) is 4.79 Å². The van der Waals surface area contributed by atoms with Crippen molar-refractivity contribution >= 4 is 17.8 Å². The minimum absolute atomic E-state index is 0.189. The van der Waals surface area contributed by atoms with Crippen molar-refractivity contribution in [2.75, 3.05) is 13.7 Å². The summed E-state index contributed by atoms with van der Waals surface area (Å²) in [6.45, 7) is 5.40. The van der Waals surface area contributed by atoms with Gasteiger partial charge >= 0.3 is 5.97 Å². The van der Waals surface area contributed by atoms with E-state index in [1.54, 1.807) is 39.0 Å². The molecule has 1 aliphatic heterocycles. The normalized spacial score (nSPS) is 15.0. The molecule has 0 fully saturated rings. The zero-order valence-corrected chi connectivity index (χ0v) is 13.1. The zero-order valence-electron chi connectivity index (χ0n) is 13.1. The van der Waals surface area contributed by atoms with Crippen LogP contribution in [0.5, 0.6) is 5.75 Å². The smallest absolute Gasteiger partial charge is 0.329 e. The van der Waals surface area contributed by atoms with Gasteiger partial charge in [0.05, 0.1) is 24.8 Å². The molecule has 2 amide bonds. The van der Waals surface area contributed by atoms with E-state index in [1.807, 2.05) is 0 Å². The van der Waals surface area contributed by atoms with Gasteiger partial charge in [-0.2, -0.15) is 0 Å². The lowest BCUT2D eigenvalue weighted by Crippen LogP contribution is -2.48. The molecule has 2 rings (SSSR count). The Balaban J connectivity index is 2.48. The Morgan fingerprint density at radius 3 is 2.45 bits per heavy atom. The molecule has 0 aliphatic carbocycles. The second kappa shape index (κ2) is 6.17. The maximum Gasteiger partial charge on any atom is 0.329 e. The standard InChI is InChI=1S/C16H19NO5/c1-5-22-16(20)13(9(2)3)17-14(18)10-7-6-8-11(21-4)12(10)15(17)19/h6-9,13H,5H2,1-4H3. The van der Waals surface area contributed by atoms with Crippen molar-refractivity contribution in [2.24, 2.45) is 5.92 Å². The lowest BCUT2D eigenvalue weighted by atomic mass is 10.0. The van der Waals surface area contributed by atoms with Crippen molar-refractivity contribution in [3.63, 3.8) is 0 Å². The van der Waals surface area contributed by atoms with Crippen molar-refractivity contribution in [1.29, 1.82) is 0 Å². The van der Waals surface area contributed by atoms with E-state index in [9.17, 15) is 14.4 Å². The van der Waals surface area contributed by atoms with Gasteiger partial charge in [-0.05, 0) is 25.0 Å². The fourth-order valence-corrected chi connectivity index (χ4v) is 2.60. The molecule has 1 atom stereocenters. The molecule has 6 heteroatoms. The van der Waals surface area contributed by atoms with E-state index in [-0.39, 0.29) is 23.7 Å². The molecule has 0 saturated carbocycles. The monoisotopic (exact) mass is 305 g/mol. The molecule has 0 saturated heterocycles. The van der Waals surface area contributed by atoms with Gasteiger partial charge in [-0.15, -0.1) is 0 Å². The number of amides is 2. The molecule has 118 valence electrons. The molecule has 1 heterocycles. The highest BCUT2D eigenvalue weighted by Gasteiger charge is 2.46. The molecule has 0 bridgehead atoms. The molecule has 0 radical (unpaired) electrons. The lowest BCUT2D eigenvalue weighted by Gasteiger charge is -2.27. The van der Waals surface area contributed by atoms with Crippen molar-refractivity contribution in [1.82, 2.24) is 4.90 Å². The first kappa shape index (κ1) is 16.0. The predicted octanol–water partition coefficient (Wildman–Crippen LogP) is 1.88. The summed E-state index contributed by atoms with van der Waals surface area (Å²) in [7, 11) is 1.43. The molecule has 0 N–H and O–H groups in total. The maximum absolute atomic E-state index is 12.7. The number of esters is 1. The van der Waals surface area contributed by atoms with E-state index in [2.05, 4.69) is 0 Å². The Morgan fingerprint density at radius 1 is 1.23 bits per heavy atom. The van der Waals surface area contributed by atoms with Crippen molar-refractivity contribution in [2.45, 2.75) is 26.8 Å². The number of methoxy groups -OCH3 is 1. The Hall–Kier alpha value is -2.37. The number of fused-ring (bicyclic) bond motifs is 1. The third-order valence-corrected chi connectivity index (χ3v) is 3.57. The zero-order chi connectivity index (χ0) is 16.4. The summed E-state index contributed by atoms with van der Waals surface area (Å²) in [6.07, 6.45) is 0. The molecule has 6 nitrogen and oxygen atoms in total. The molecule has 22 heavy (non-hydrogen) atoms. The van der Waals surface area contributed by atoms with Gasteiger partial charge in [0, 0.05) is 0 Å². The Bertz CT molecular complexity index is 623. The number of imide groups is 1. The van der Waals surface area contributed by atoms with Gasteiger partial charge < -0.3 is 9.47 Å². The summed E-state index contributed by atoms with van der Waals surface area (Å²) in [6, 6.07) is 3.86. The molecule has 0 spiro atoms. The Labute approximate surface area is 129 Å². The van der Waals surface area contributed by atoms with Gasteiger partial charge in [-0.1, -0.05) is 19.9 Å². The minimum atomic E-state index is -0.947. The summed E-state index contributed by atoms with van der Waals surface area (Å²) in [5.41, 5.74) is 0.448. The highest BCUT2D eigenvalue weighted by Crippen LogP contribution is 2.33. The fraction of sp³-hybridized carbons (Fsp3) is 0.438. The van der Waals surface area contributed by atoms with E-state index < -0.39 is 23.8 Å². The van der Waals surface area contributed by atoms with Crippen LogP contribution in [-0.4, -0.2) is 42.4 Å². The van der Waals surface area contributed by atoms with Crippen LogP contribution in [0.1, 0.15) is 41.5 Å². The maximum atomic E-state index is 12.7. The fourth-order valence-electron chi connectivity index (χ4n) is 2.60. The minimum Gasteiger partial charge on any atom is -0.496 e. The van der Waals surface area contributed by atoms with Gasteiger partial charge in [0.15, 0.2) is 0 Å². The summed E-state index contributed by atoms with van der Waals surface area (Å²) in [4.78, 5) is 38.4. The second-order valence-corrected chi connectivity index (χ2v) is 5.30. The third-order valence-electron chi connectivity index (χ3n) is 3.57. The largest absolute Gasteiger partial charge is 0.496 e. The number of carbonyl (C=O) groups is 3. The number of ether oxygens (including phenoxy) is 2. The molecule has 0 aromatic heterocycles. The molecular formula is C16H19NO5. The van der Waals surface area contributed by atoms with E-state index in [0.29, 0.717) is 5.75 Å². The van der Waals surface area contributed by atoms with Crippen LogP contribution >= 0.6 is 0 Å². The molecule has 1 aromatic carbocycles. The lowest BCUT2D eigenvalue weighted by molar-refractivity contribution is -0.149. The first-order chi connectivity index (χ1) is 10.4. The molecular weight excluding hydrogens is 286 g/mol. The van der Waals surface area contributed by atoms with Crippen LogP contribution in [0.4, 0.5) is 0 Å². The summed E-state index contributed by atoms with van der Waals surface area (Å²) < 4.78 is 10.2. The second-order valence-electron chi connectivity index (χ2n) is 5.30. The highest BCUT2D eigenvalue weighted by atomic mass is 16.5. The first-order valence-corrected chi connectivity index (χ1v) is 7.15. The van der Waals surface area contributed by atoms with Crippen molar-refractivity contribution in [3.05, 3.63) is 29.3 Å². The van der Waals surface area contributed by atoms with Crippen LogP contribution < -0.4 is 4.74 Å². The van der Waals surface area contributed by atoms with E-state index in [4.69, 9.17) is 9.47 Å². The summed E-state index contributed by atoms with van der Waals surface area (Å²) >= 11 is 0. The number of benzene rings is 1. The van der Waals surface area contributed by atoms with E-state index in [1.165, 1.54) is 7.11 Å². The van der Waals surface area contributed by atoms with Gasteiger partial charge in [0.25, 0.3) is 11.8 Å². The SMILES string of the molecule is CCOC(=O)C(C(C)C)N1C(=O)c2cccc(OC)c2C1=O. The van der Waals surface area contributed by atoms with E-state index in [0.717, 1.165) is 4.90 Å².